The molecule has 0 aliphatic heterocycles. The smallest absolute Gasteiger partial charge is 0.218 e. The van der Waals surface area contributed by atoms with Crippen LogP contribution in [-0.2, 0) is 0 Å². The Morgan fingerprint density at radius 2 is 2.20 bits per heavy atom. The van der Waals surface area contributed by atoms with Crippen molar-refractivity contribution in [2.45, 2.75) is 13.8 Å². The Hall–Kier alpha value is -0.830. The fourth-order valence-electron chi connectivity index (χ4n) is 0.623. The van der Waals surface area contributed by atoms with Gasteiger partial charge in [-0.15, -0.1) is 0 Å². The number of hydrogen-bond donors (Lipinski definition) is 0. The van der Waals surface area contributed by atoms with Crippen LogP contribution in [0.4, 0.5) is 0 Å². The first kappa shape index (κ1) is 7.28. The molecule has 1 aromatic rings. The topological polar surface area (TPSA) is 39.8 Å². The number of aromatic nitrogens is 2. The molecule has 0 fully saturated rings. The first-order chi connectivity index (χ1) is 4.61. The zero-order chi connectivity index (χ0) is 7.72. The summed E-state index contributed by atoms with van der Waals surface area (Å²) >= 11 is 5.49. The average molecular weight is 159 g/mol. The zero-order valence-electron chi connectivity index (χ0n) is 5.76. The Morgan fingerprint density at radius 3 is 2.70 bits per heavy atom. The highest BCUT2D eigenvalue weighted by atomic mass is 35.5. The Kier molecular flexibility index (Phi) is 1.76. The van der Waals surface area contributed by atoms with Crippen LogP contribution >= 0.6 is 11.6 Å². The van der Waals surface area contributed by atoms with Crippen molar-refractivity contribution in [1.29, 1.82) is 0 Å². The molecule has 0 atom stereocenters. The van der Waals surface area contributed by atoms with Crippen LogP contribution < -0.4 is 4.73 Å². The molecular weight excluding hydrogens is 152 g/mol. The molecule has 0 bridgehead atoms. The van der Waals surface area contributed by atoms with Crippen molar-refractivity contribution in [1.82, 2.24) is 4.98 Å². The number of aryl methyl sites for hydroxylation is 1. The second-order valence-corrected chi connectivity index (χ2v) is 2.45. The minimum Gasteiger partial charge on any atom is -0.618 e. The van der Waals surface area contributed by atoms with Gasteiger partial charge in [0.15, 0.2) is 5.15 Å². The van der Waals surface area contributed by atoms with E-state index in [0.29, 0.717) is 16.1 Å². The van der Waals surface area contributed by atoms with Crippen molar-refractivity contribution < 1.29 is 4.73 Å². The minimum absolute atomic E-state index is 0.234. The van der Waals surface area contributed by atoms with E-state index >= 15 is 0 Å². The van der Waals surface area contributed by atoms with E-state index < -0.39 is 0 Å². The maximum absolute atomic E-state index is 10.9. The summed E-state index contributed by atoms with van der Waals surface area (Å²) in [6, 6.07) is 0. The Balaban J connectivity index is 3.31. The first-order valence-electron chi connectivity index (χ1n) is 2.84. The van der Waals surface area contributed by atoms with Crippen molar-refractivity contribution >= 4 is 11.6 Å². The van der Waals surface area contributed by atoms with Gasteiger partial charge < -0.3 is 5.21 Å². The molecule has 0 radical (unpaired) electrons. The fraction of sp³-hybridized carbons (Fsp3) is 0.333. The van der Waals surface area contributed by atoms with Crippen molar-refractivity contribution in [3.8, 4) is 0 Å². The van der Waals surface area contributed by atoms with Crippen molar-refractivity contribution in [3.63, 3.8) is 0 Å². The van der Waals surface area contributed by atoms with Gasteiger partial charge in [0.05, 0.1) is 0 Å². The molecule has 0 spiro atoms. The van der Waals surface area contributed by atoms with Crippen LogP contribution in [0.3, 0.4) is 0 Å². The van der Waals surface area contributed by atoms with Gasteiger partial charge in [-0.25, -0.2) is 4.98 Å². The predicted molar refractivity (Wildman–Crippen MR) is 37.7 cm³/mol. The third-order valence-corrected chi connectivity index (χ3v) is 1.53. The molecule has 0 saturated carbocycles. The maximum atomic E-state index is 10.9. The Bertz CT molecular complexity index is 239. The summed E-state index contributed by atoms with van der Waals surface area (Å²) in [6.07, 6.45) is 1.24. The van der Waals surface area contributed by atoms with Crippen LogP contribution in [0.5, 0.6) is 0 Å². The van der Waals surface area contributed by atoms with Crippen LogP contribution in [0.2, 0.25) is 5.15 Å². The summed E-state index contributed by atoms with van der Waals surface area (Å²) in [4.78, 5) is 3.88. The lowest BCUT2D eigenvalue weighted by atomic mass is 10.4. The summed E-state index contributed by atoms with van der Waals surface area (Å²) < 4.78 is 0.713. The number of nitrogens with zero attached hydrogens (tertiary/aromatic N) is 2. The van der Waals surface area contributed by atoms with Crippen LogP contribution in [-0.4, -0.2) is 4.98 Å². The van der Waals surface area contributed by atoms with E-state index in [2.05, 4.69) is 4.98 Å². The minimum atomic E-state index is 0.234. The van der Waals surface area contributed by atoms with Crippen LogP contribution in [0.15, 0.2) is 6.20 Å². The van der Waals surface area contributed by atoms with Crippen molar-refractivity contribution in [2.24, 2.45) is 0 Å². The van der Waals surface area contributed by atoms with Crippen molar-refractivity contribution in [2.75, 3.05) is 0 Å². The number of hydrogen-bond acceptors (Lipinski definition) is 2. The summed E-state index contributed by atoms with van der Waals surface area (Å²) in [6.45, 7) is 3.45. The molecule has 0 aliphatic rings. The maximum Gasteiger partial charge on any atom is 0.218 e. The number of halogens is 1. The van der Waals surface area contributed by atoms with E-state index in [0.717, 1.165) is 0 Å². The van der Waals surface area contributed by atoms with Gasteiger partial charge in [0.1, 0.15) is 5.69 Å². The molecule has 0 unspecified atom stereocenters. The third-order valence-electron chi connectivity index (χ3n) is 1.35. The lowest BCUT2D eigenvalue weighted by molar-refractivity contribution is -0.613. The predicted octanol–water partition coefficient (Wildman–Crippen LogP) is 0.985. The van der Waals surface area contributed by atoms with Gasteiger partial charge >= 0.3 is 0 Å². The summed E-state index contributed by atoms with van der Waals surface area (Å²) in [7, 11) is 0. The van der Waals surface area contributed by atoms with E-state index in [1.807, 2.05) is 0 Å². The SMILES string of the molecule is Cc1nc(Cl)c[n+]([O-])c1C. The van der Waals surface area contributed by atoms with Gasteiger partial charge in [-0.05, 0) is 6.92 Å². The van der Waals surface area contributed by atoms with E-state index in [1.54, 1.807) is 13.8 Å². The van der Waals surface area contributed by atoms with Gasteiger partial charge in [0, 0.05) is 6.92 Å². The lowest BCUT2D eigenvalue weighted by Gasteiger charge is -2.01. The van der Waals surface area contributed by atoms with Crippen LogP contribution in [0.25, 0.3) is 0 Å². The van der Waals surface area contributed by atoms with Crippen LogP contribution in [0.1, 0.15) is 11.4 Å². The van der Waals surface area contributed by atoms with E-state index in [4.69, 9.17) is 11.6 Å². The monoisotopic (exact) mass is 158 g/mol. The molecule has 0 N–H and O–H groups in total. The second kappa shape index (κ2) is 2.42. The Labute approximate surface area is 63.9 Å². The Morgan fingerprint density at radius 1 is 1.60 bits per heavy atom. The van der Waals surface area contributed by atoms with E-state index in [-0.39, 0.29) is 5.15 Å². The number of rotatable bonds is 0. The molecule has 10 heavy (non-hydrogen) atoms. The highest BCUT2D eigenvalue weighted by Gasteiger charge is 2.05. The van der Waals surface area contributed by atoms with Gasteiger partial charge in [-0.3, -0.25) is 0 Å². The van der Waals surface area contributed by atoms with Gasteiger partial charge in [0.25, 0.3) is 0 Å². The molecule has 0 saturated heterocycles. The van der Waals surface area contributed by atoms with Gasteiger partial charge in [0.2, 0.25) is 11.9 Å². The van der Waals surface area contributed by atoms with E-state index in [1.165, 1.54) is 6.20 Å². The van der Waals surface area contributed by atoms with Gasteiger partial charge in [-0.1, -0.05) is 11.6 Å². The zero-order valence-corrected chi connectivity index (χ0v) is 6.51. The van der Waals surface area contributed by atoms with Crippen LogP contribution in [0, 0.1) is 19.1 Å². The fourth-order valence-corrected chi connectivity index (χ4v) is 0.838. The highest BCUT2D eigenvalue weighted by molar-refractivity contribution is 6.29. The summed E-state index contributed by atoms with van der Waals surface area (Å²) in [5.74, 6) is 0. The molecule has 3 nitrogen and oxygen atoms in total. The second-order valence-electron chi connectivity index (χ2n) is 2.06. The molecular formula is C6H7ClN2O. The largest absolute Gasteiger partial charge is 0.618 e. The normalized spacial score (nSPS) is 9.90. The molecule has 0 aliphatic carbocycles. The quantitative estimate of drug-likeness (QED) is 0.417. The van der Waals surface area contributed by atoms with Gasteiger partial charge in [-0.2, -0.15) is 4.73 Å². The molecule has 4 heteroatoms. The summed E-state index contributed by atoms with van der Waals surface area (Å²) in [5.41, 5.74) is 1.26. The molecule has 1 heterocycles. The third kappa shape index (κ3) is 1.19. The first-order valence-corrected chi connectivity index (χ1v) is 3.22. The molecule has 1 aromatic heterocycles. The van der Waals surface area contributed by atoms with Crippen molar-refractivity contribution in [3.05, 3.63) is 27.9 Å². The van der Waals surface area contributed by atoms with E-state index in [9.17, 15) is 5.21 Å². The average Bonchev–Trinajstić information content (AvgIpc) is 1.82. The standard InChI is InChI=1S/C6H7ClN2O/c1-4-5(2)9(10)3-6(7)8-4/h3H,1-2H3. The molecule has 0 aromatic carbocycles. The molecule has 54 valence electrons. The molecule has 1 rings (SSSR count). The summed E-state index contributed by atoms with van der Waals surface area (Å²) in [5, 5.41) is 11.1. The highest BCUT2D eigenvalue weighted by Crippen LogP contribution is 2.03. The molecule has 0 amide bonds. The lowest BCUT2D eigenvalue weighted by Crippen LogP contribution is -2.31.